The third kappa shape index (κ3) is 2.41. The lowest BCUT2D eigenvalue weighted by Gasteiger charge is -2.06. The van der Waals surface area contributed by atoms with Crippen molar-refractivity contribution in [2.75, 3.05) is 7.05 Å². The molecule has 18 heavy (non-hydrogen) atoms. The van der Waals surface area contributed by atoms with Gasteiger partial charge in [-0.2, -0.15) is 4.98 Å². The molecule has 0 amide bonds. The monoisotopic (exact) mass is 249 g/mol. The van der Waals surface area contributed by atoms with Crippen LogP contribution in [-0.4, -0.2) is 17.2 Å². The fourth-order valence-corrected chi connectivity index (χ4v) is 1.82. The zero-order chi connectivity index (χ0) is 13.1. The fraction of sp³-hybridized carbons (Fsp3) is 0.385. The highest BCUT2D eigenvalue weighted by Crippen LogP contribution is 2.23. The first-order chi connectivity index (χ1) is 8.65. The molecule has 1 atom stereocenters. The molecule has 0 radical (unpaired) electrons. The highest BCUT2D eigenvalue weighted by molar-refractivity contribution is 5.59. The first-order valence-electron chi connectivity index (χ1n) is 5.93. The molecule has 0 aliphatic rings. The SMILES string of the molecule is CCC(NC)c1nc(-c2cc(F)ccc2C)no1. The molecule has 1 N–H and O–H groups in total. The number of halogens is 1. The second kappa shape index (κ2) is 5.27. The minimum absolute atomic E-state index is 0.0279. The molecular formula is C13H16FN3O. The van der Waals surface area contributed by atoms with Gasteiger partial charge >= 0.3 is 0 Å². The molecule has 1 heterocycles. The largest absolute Gasteiger partial charge is 0.337 e. The quantitative estimate of drug-likeness (QED) is 0.905. The molecule has 0 aliphatic carbocycles. The maximum atomic E-state index is 13.2. The summed E-state index contributed by atoms with van der Waals surface area (Å²) in [4.78, 5) is 4.32. The summed E-state index contributed by atoms with van der Waals surface area (Å²) in [6.45, 7) is 3.92. The van der Waals surface area contributed by atoms with Crippen LogP contribution < -0.4 is 5.32 Å². The van der Waals surface area contributed by atoms with Crippen LogP contribution in [0.1, 0.15) is 30.8 Å². The minimum atomic E-state index is -0.303. The number of hydrogen-bond acceptors (Lipinski definition) is 4. The molecule has 2 aromatic rings. The lowest BCUT2D eigenvalue weighted by molar-refractivity contribution is 0.334. The molecule has 96 valence electrons. The Morgan fingerprint density at radius 3 is 2.89 bits per heavy atom. The summed E-state index contributed by atoms with van der Waals surface area (Å²) in [6.07, 6.45) is 0.847. The van der Waals surface area contributed by atoms with Crippen molar-refractivity contribution in [3.05, 3.63) is 35.5 Å². The van der Waals surface area contributed by atoms with E-state index in [1.54, 1.807) is 6.07 Å². The Labute approximate surface area is 105 Å². The molecular weight excluding hydrogens is 233 g/mol. The minimum Gasteiger partial charge on any atom is -0.337 e. The van der Waals surface area contributed by atoms with E-state index >= 15 is 0 Å². The summed E-state index contributed by atoms with van der Waals surface area (Å²) in [7, 11) is 1.84. The van der Waals surface area contributed by atoms with Crippen LogP contribution in [0, 0.1) is 12.7 Å². The number of rotatable bonds is 4. The van der Waals surface area contributed by atoms with Crippen molar-refractivity contribution >= 4 is 0 Å². The number of hydrogen-bond donors (Lipinski definition) is 1. The maximum absolute atomic E-state index is 13.2. The van der Waals surface area contributed by atoms with Gasteiger partial charge in [0.1, 0.15) is 5.82 Å². The summed E-state index contributed by atoms with van der Waals surface area (Å²) in [5.74, 6) is 0.650. The third-order valence-corrected chi connectivity index (χ3v) is 2.94. The molecule has 1 aromatic carbocycles. The van der Waals surface area contributed by atoms with Crippen molar-refractivity contribution in [1.29, 1.82) is 0 Å². The molecule has 0 saturated heterocycles. The number of aryl methyl sites for hydroxylation is 1. The van der Waals surface area contributed by atoms with Gasteiger partial charge in [-0.3, -0.25) is 0 Å². The van der Waals surface area contributed by atoms with Gasteiger partial charge in [-0.15, -0.1) is 0 Å². The Morgan fingerprint density at radius 1 is 1.44 bits per heavy atom. The molecule has 5 heteroatoms. The van der Waals surface area contributed by atoms with Crippen LogP contribution in [0.15, 0.2) is 22.7 Å². The number of nitrogens with zero attached hydrogens (tertiary/aromatic N) is 2. The third-order valence-electron chi connectivity index (χ3n) is 2.94. The fourth-order valence-electron chi connectivity index (χ4n) is 1.82. The molecule has 2 rings (SSSR count). The van der Waals surface area contributed by atoms with E-state index < -0.39 is 0 Å². The van der Waals surface area contributed by atoms with E-state index in [-0.39, 0.29) is 11.9 Å². The van der Waals surface area contributed by atoms with Crippen LogP contribution in [0.4, 0.5) is 4.39 Å². The van der Waals surface area contributed by atoms with Gasteiger partial charge in [-0.1, -0.05) is 18.1 Å². The Hall–Kier alpha value is -1.75. The first-order valence-corrected chi connectivity index (χ1v) is 5.93. The van der Waals surface area contributed by atoms with E-state index in [1.807, 2.05) is 20.9 Å². The topological polar surface area (TPSA) is 51.0 Å². The van der Waals surface area contributed by atoms with Gasteiger partial charge in [-0.25, -0.2) is 4.39 Å². The van der Waals surface area contributed by atoms with Crippen LogP contribution in [0.3, 0.4) is 0 Å². The summed E-state index contributed by atoms with van der Waals surface area (Å²) in [6, 6.07) is 4.57. The molecule has 0 bridgehead atoms. The number of aromatic nitrogens is 2. The zero-order valence-corrected chi connectivity index (χ0v) is 10.7. The smallest absolute Gasteiger partial charge is 0.244 e. The van der Waals surface area contributed by atoms with E-state index in [9.17, 15) is 4.39 Å². The lowest BCUT2D eigenvalue weighted by Crippen LogP contribution is -2.15. The van der Waals surface area contributed by atoms with E-state index in [4.69, 9.17) is 4.52 Å². The molecule has 0 aliphatic heterocycles. The van der Waals surface area contributed by atoms with Gasteiger partial charge in [0, 0.05) is 5.56 Å². The van der Waals surface area contributed by atoms with Crippen LogP contribution in [0.2, 0.25) is 0 Å². The second-order valence-electron chi connectivity index (χ2n) is 4.16. The Kier molecular flexibility index (Phi) is 3.72. The Morgan fingerprint density at radius 2 is 2.22 bits per heavy atom. The molecule has 0 spiro atoms. The second-order valence-corrected chi connectivity index (χ2v) is 4.16. The average molecular weight is 249 g/mol. The van der Waals surface area contributed by atoms with Crippen molar-refractivity contribution in [1.82, 2.24) is 15.5 Å². The summed E-state index contributed by atoms with van der Waals surface area (Å²) in [5, 5.41) is 7.00. The number of nitrogens with one attached hydrogen (secondary N) is 1. The summed E-state index contributed by atoms with van der Waals surface area (Å²) in [5.41, 5.74) is 1.58. The molecule has 1 aromatic heterocycles. The van der Waals surface area contributed by atoms with Crippen LogP contribution >= 0.6 is 0 Å². The molecule has 1 unspecified atom stereocenters. The molecule has 0 fully saturated rings. The predicted octanol–water partition coefficient (Wildman–Crippen LogP) is 2.85. The lowest BCUT2D eigenvalue weighted by atomic mass is 10.1. The van der Waals surface area contributed by atoms with Crippen LogP contribution in [0.25, 0.3) is 11.4 Å². The Balaban J connectivity index is 2.37. The van der Waals surface area contributed by atoms with Gasteiger partial charge < -0.3 is 9.84 Å². The van der Waals surface area contributed by atoms with Crippen molar-refractivity contribution in [2.45, 2.75) is 26.3 Å². The van der Waals surface area contributed by atoms with Crippen molar-refractivity contribution in [3.8, 4) is 11.4 Å². The van der Waals surface area contributed by atoms with Gasteiger partial charge in [0.15, 0.2) is 0 Å². The van der Waals surface area contributed by atoms with Crippen molar-refractivity contribution in [3.63, 3.8) is 0 Å². The van der Waals surface area contributed by atoms with Crippen molar-refractivity contribution < 1.29 is 8.91 Å². The van der Waals surface area contributed by atoms with E-state index in [0.717, 1.165) is 12.0 Å². The average Bonchev–Trinajstić information content (AvgIpc) is 2.83. The van der Waals surface area contributed by atoms with Crippen molar-refractivity contribution in [2.24, 2.45) is 0 Å². The maximum Gasteiger partial charge on any atom is 0.244 e. The first kappa shape index (κ1) is 12.7. The standard InChI is InChI=1S/C13H16FN3O/c1-4-11(15-3)13-16-12(17-18-13)10-7-9(14)6-5-8(10)2/h5-7,11,15H,4H2,1-3H3. The highest BCUT2D eigenvalue weighted by atomic mass is 19.1. The van der Waals surface area contributed by atoms with Gasteiger partial charge in [0.05, 0.1) is 6.04 Å². The highest BCUT2D eigenvalue weighted by Gasteiger charge is 2.17. The zero-order valence-electron chi connectivity index (χ0n) is 10.7. The summed E-state index contributed by atoms with van der Waals surface area (Å²) < 4.78 is 18.4. The normalized spacial score (nSPS) is 12.7. The van der Waals surface area contributed by atoms with E-state index in [1.165, 1.54) is 12.1 Å². The van der Waals surface area contributed by atoms with Crippen LogP contribution in [-0.2, 0) is 0 Å². The molecule has 0 saturated carbocycles. The predicted molar refractivity (Wildman–Crippen MR) is 66.5 cm³/mol. The summed E-state index contributed by atoms with van der Waals surface area (Å²) >= 11 is 0. The number of benzene rings is 1. The van der Waals surface area contributed by atoms with Gasteiger partial charge in [0.25, 0.3) is 0 Å². The van der Waals surface area contributed by atoms with E-state index in [0.29, 0.717) is 17.3 Å². The van der Waals surface area contributed by atoms with Gasteiger partial charge in [0.2, 0.25) is 11.7 Å². The molecule has 4 nitrogen and oxygen atoms in total. The van der Waals surface area contributed by atoms with Crippen LogP contribution in [0.5, 0.6) is 0 Å². The van der Waals surface area contributed by atoms with Gasteiger partial charge in [-0.05, 0) is 38.1 Å². The van der Waals surface area contributed by atoms with E-state index in [2.05, 4.69) is 15.5 Å². The Bertz CT molecular complexity index is 535.